The van der Waals surface area contributed by atoms with Gasteiger partial charge in [-0.3, -0.25) is 0 Å². The van der Waals surface area contributed by atoms with Gasteiger partial charge in [-0.2, -0.15) is 0 Å². The van der Waals surface area contributed by atoms with Crippen molar-refractivity contribution >= 4 is 57.7 Å². The van der Waals surface area contributed by atoms with Gasteiger partial charge in [0.1, 0.15) is 22.1 Å². The standard InChI is InChI=1S/C20H15Cl2NO4S/c1-2-27-20(26)17-18(25)16(9-11-4-3-5-13(24)8-11)28-19(17)23-15-7-6-12(21)10-14(15)22/h3-10,24-25H,2H2,1H3/b16-9-,23-19?. The Labute approximate surface area is 176 Å². The van der Waals surface area contributed by atoms with Crippen LogP contribution in [0.4, 0.5) is 5.69 Å². The van der Waals surface area contributed by atoms with E-state index < -0.39 is 5.97 Å². The van der Waals surface area contributed by atoms with Gasteiger partial charge in [0, 0.05) is 5.02 Å². The van der Waals surface area contributed by atoms with Gasteiger partial charge in [0.25, 0.3) is 0 Å². The molecule has 28 heavy (non-hydrogen) atoms. The fourth-order valence-electron chi connectivity index (χ4n) is 2.44. The number of esters is 1. The number of benzene rings is 2. The topological polar surface area (TPSA) is 79.1 Å². The van der Waals surface area contributed by atoms with E-state index in [1.165, 1.54) is 6.07 Å². The minimum Gasteiger partial charge on any atom is -0.508 e. The number of aliphatic hydroxyl groups is 1. The molecule has 5 nitrogen and oxygen atoms in total. The smallest absolute Gasteiger partial charge is 0.344 e. The lowest BCUT2D eigenvalue weighted by Gasteiger charge is -2.05. The van der Waals surface area contributed by atoms with Gasteiger partial charge in [-0.05, 0) is 48.9 Å². The summed E-state index contributed by atoms with van der Waals surface area (Å²) in [5, 5.41) is 21.3. The van der Waals surface area contributed by atoms with Crippen molar-refractivity contribution in [3.8, 4) is 5.75 Å². The second-order valence-corrected chi connectivity index (χ2v) is 7.54. The molecule has 2 aromatic carbocycles. The Bertz CT molecular complexity index is 1030. The first-order valence-electron chi connectivity index (χ1n) is 8.22. The van der Waals surface area contributed by atoms with Crippen LogP contribution in [0.2, 0.25) is 10.0 Å². The maximum Gasteiger partial charge on any atom is 0.344 e. The zero-order chi connectivity index (χ0) is 20.3. The van der Waals surface area contributed by atoms with Crippen molar-refractivity contribution in [2.24, 2.45) is 4.99 Å². The Morgan fingerprint density at radius 1 is 1.21 bits per heavy atom. The number of aliphatic imine (C=N–C) groups is 1. The molecule has 0 bridgehead atoms. The minimum absolute atomic E-state index is 0.0377. The zero-order valence-corrected chi connectivity index (χ0v) is 17.0. The molecule has 0 atom stereocenters. The van der Waals surface area contributed by atoms with Crippen LogP contribution in [0.5, 0.6) is 5.75 Å². The van der Waals surface area contributed by atoms with Crippen molar-refractivity contribution in [3.63, 3.8) is 0 Å². The minimum atomic E-state index is -0.685. The van der Waals surface area contributed by atoms with Gasteiger partial charge >= 0.3 is 5.97 Å². The van der Waals surface area contributed by atoms with Crippen LogP contribution >= 0.6 is 35.0 Å². The van der Waals surface area contributed by atoms with Gasteiger partial charge in [0.15, 0.2) is 0 Å². The van der Waals surface area contributed by atoms with Crippen molar-refractivity contribution in [2.45, 2.75) is 6.92 Å². The summed E-state index contributed by atoms with van der Waals surface area (Å²) in [6, 6.07) is 11.3. The van der Waals surface area contributed by atoms with Crippen molar-refractivity contribution in [1.82, 2.24) is 0 Å². The quantitative estimate of drug-likeness (QED) is 0.584. The molecular weight excluding hydrogens is 421 g/mol. The molecule has 8 heteroatoms. The Balaban J connectivity index is 2.07. The number of aliphatic hydroxyl groups excluding tert-OH is 1. The highest BCUT2D eigenvalue weighted by Gasteiger charge is 2.33. The highest BCUT2D eigenvalue weighted by molar-refractivity contribution is 8.18. The molecule has 0 aromatic heterocycles. The maximum atomic E-state index is 12.4. The highest BCUT2D eigenvalue weighted by atomic mass is 35.5. The monoisotopic (exact) mass is 435 g/mol. The molecule has 0 unspecified atom stereocenters. The second kappa shape index (κ2) is 8.73. The summed E-state index contributed by atoms with van der Waals surface area (Å²) in [5.74, 6) is -0.834. The van der Waals surface area contributed by atoms with Gasteiger partial charge in [-0.25, -0.2) is 9.79 Å². The largest absolute Gasteiger partial charge is 0.508 e. The summed E-state index contributed by atoms with van der Waals surface area (Å²) in [6.45, 7) is 1.83. The number of phenols is 1. The summed E-state index contributed by atoms with van der Waals surface area (Å²) in [7, 11) is 0. The predicted molar refractivity (Wildman–Crippen MR) is 114 cm³/mol. The van der Waals surface area contributed by atoms with E-state index in [0.29, 0.717) is 26.2 Å². The van der Waals surface area contributed by atoms with E-state index in [1.807, 2.05) is 0 Å². The first-order valence-corrected chi connectivity index (χ1v) is 9.79. The predicted octanol–water partition coefficient (Wildman–Crippen LogP) is 5.89. The molecule has 0 saturated heterocycles. The van der Waals surface area contributed by atoms with E-state index in [-0.39, 0.29) is 28.7 Å². The van der Waals surface area contributed by atoms with E-state index in [4.69, 9.17) is 27.9 Å². The lowest BCUT2D eigenvalue weighted by atomic mass is 10.1. The van der Waals surface area contributed by atoms with E-state index in [9.17, 15) is 15.0 Å². The Hall–Kier alpha value is -2.41. The number of nitrogens with zero attached hydrogens (tertiary/aromatic N) is 1. The SMILES string of the molecule is CCOC(=O)C1=C(O)/C(=C/c2cccc(O)c2)SC1=Nc1ccc(Cl)cc1Cl. The number of thioether (sulfide) groups is 1. The highest BCUT2D eigenvalue weighted by Crippen LogP contribution is 2.41. The number of rotatable bonds is 4. The number of ether oxygens (including phenoxy) is 1. The number of carbonyl (C=O) groups excluding carboxylic acids is 1. The number of phenolic OH excluding ortho intramolecular Hbond substituents is 1. The van der Waals surface area contributed by atoms with E-state index in [0.717, 1.165) is 11.8 Å². The summed E-state index contributed by atoms with van der Waals surface area (Å²) in [5.41, 5.74) is 1.02. The van der Waals surface area contributed by atoms with Crippen LogP contribution in [-0.4, -0.2) is 27.8 Å². The summed E-state index contributed by atoms with van der Waals surface area (Å²) in [6.07, 6.45) is 1.64. The molecule has 144 valence electrons. The van der Waals surface area contributed by atoms with Crippen molar-refractivity contribution < 1.29 is 19.7 Å². The molecule has 2 aromatic rings. The van der Waals surface area contributed by atoms with Gasteiger partial charge in [-0.1, -0.05) is 47.1 Å². The molecule has 0 amide bonds. The molecule has 1 heterocycles. The van der Waals surface area contributed by atoms with E-state index in [2.05, 4.69) is 4.99 Å². The molecule has 1 aliphatic rings. The molecule has 0 spiro atoms. The van der Waals surface area contributed by atoms with Crippen molar-refractivity contribution in [1.29, 1.82) is 0 Å². The zero-order valence-electron chi connectivity index (χ0n) is 14.6. The Morgan fingerprint density at radius 2 is 2.00 bits per heavy atom. The maximum absolute atomic E-state index is 12.4. The summed E-state index contributed by atoms with van der Waals surface area (Å²) >= 11 is 13.2. The van der Waals surface area contributed by atoms with Gasteiger partial charge in [0.05, 0.1) is 22.2 Å². The third-order valence-electron chi connectivity index (χ3n) is 3.67. The van der Waals surface area contributed by atoms with Crippen LogP contribution in [0.25, 0.3) is 6.08 Å². The van der Waals surface area contributed by atoms with E-state index in [1.54, 1.807) is 49.4 Å². The molecule has 3 rings (SSSR count). The number of aromatic hydroxyl groups is 1. The first kappa shape index (κ1) is 20.3. The number of hydrogen-bond donors (Lipinski definition) is 2. The normalized spacial score (nSPS) is 16.8. The van der Waals surface area contributed by atoms with Crippen molar-refractivity contribution in [2.75, 3.05) is 6.61 Å². The van der Waals surface area contributed by atoms with Crippen LogP contribution in [-0.2, 0) is 9.53 Å². The van der Waals surface area contributed by atoms with Gasteiger partial charge in [-0.15, -0.1) is 0 Å². The number of carbonyl (C=O) groups is 1. The van der Waals surface area contributed by atoms with Crippen LogP contribution in [0, 0.1) is 0 Å². The van der Waals surface area contributed by atoms with Crippen molar-refractivity contribution in [3.05, 3.63) is 74.3 Å². The third kappa shape index (κ3) is 4.52. The molecule has 0 radical (unpaired) electrons. The fraction of sp³-hybridized carbons (Fsp3) is 0.100. The van der Waals surface area contributed by atoms with E-state index >= 15 is 0 Å². The average Bonchev–Trinajstić information content (AvgIpc) is 2.93. The molecule has 1 aliphatic heterocycles. The van der Waals surface area contributed by atoms with Crippen LogP contribution in [0.15, 0.2) is 63.7 Å². The third-order valence-corrected chi connectivity index (χ3v) is 5.23. The second-order valence-electron chi connectivity index (χ2n) is 5.66. The lowest BCUT2D eigenvalue weighted by molar-refractivity contribution is -0.138. The molecule has 0 saturated carbocycles. The number of hydrogen-bond acceptors (Lipinski definition) is 6. The molecule has 2 N–H and O–H groups in total. The lowest BCUT2D eigenvalue weighted by Crippen LogP contribution is -2.12. The first-order chi connectivity index (χ1) is 13.4. The van der Waals surface area contributed by atoms with Crippen LogP contribution < -0.4 is 0 Å². The molecular formula is C20H15Cl2NO4S. The molecule has 0 aliphatic carbocycles. The average molecular weight is 436 g/mol. The summed E-state index contributed by atoms with van der Waals surface area (Å²) in [4.78, 5) is 17.2. The Morgan fingerprint density at radius 3 is 2.68 bits per heavy atom. The number of halogens is 2. The van der Waals surface area contributed by atoms with Crippen LogP contribution in [0.3, 0.4) is 0 Å². The Kier molecular flexibility index (Phi) is 6.34. The van der Waals surface area contributed by atoms with Gasteiger partial charge < -0.3 is 14.9 Å². The van der Waals surface area contributed by atoms with Gasteiger partial charge in [0.2, 0.25) is 0 Å². The summed E-state index contributed by atoms with van der Waals surface area (Å²) < 4.78 is 5.06. The molecule has 0 fully saturated rings. The van der Waals surface area contributed by atoms with Crippen LogP contribution in [0.1, 0.15) is 12.5 Å². The fourth-order valence-corrected chi connectivity index (χ4v) is 3.92.